The van der Waals surface area contributed by atoms with Gasteiger partial charge in [-0.05, 0) is 0 Å². The average molecular weight is 300 g/mol. The molecule has 21 heavy (non-hydrogen) atoms. The fourth-order valence-electron chi connectivity index (χ4n) is 1.60. The lowest BCUT2D eigenvalue weighted by Crippen LogP contribution is -2.35. The van der Waals surface area contributed by atoms with Crippen molar-refractivity contribution >= 4 is 17.7 Å². The molecule has 2 N–H and O–H groups in total. The zero-order valence-electron chi connectivity index (χ0n) is 11.7. The third kappa shape index (κ3) is 6.98. The van der Waals surface area contributed by atoms with Crippen LogP contribution in [0.1, 0.15) is 6.42 Å². The summed E-state index contributed by atoms with van der Waals surface area (Å²) < 4.78 is 10.2. The number of imide groups is 1. The van der Waals surface area contributed by atoms with E-state index in [9.17, 15) is 14.4 Å². The van der Waals surface area contributed by atoms with Crippen LogP contribution in [0.4, 0.5) is 0 Å². The zero-order chi connectivity index (χ0) is 15.5. The molecule has 0 spiro atoms. The van der Waals surface area contributed by atoms with E-state index in [0.717, 1.165) is 4.90 Å². The van der Waals surface area contributed by atoms with Gasteiger partial charge in [-0.3, -0.25) is 19.3 Å². The van der Waals surface area contributed by atoms with Gasteiger partial charge in [0.15, 0.2) is 0 Å². The number of nitrogens with zero attached hydrogens (tertiary/aromatic N) is 1. The summed E-state index contributed by atoms with van der Waals surface area (Å²) in [6.07, 6.45) is 2.44. The van der Waals surface area contributed by atoms with Gasteiger partial charge in [0.25, 0.3) is 11.8 Å². The topological polar surface area (TPSA) is 105 Å². The van der Waals surface area contributed by atoms with Gasteiger partial charge in [-0.1, -0.05) is 0 Å². The van der Waals surface area contributed by atoms with Crippen molar-refractivity contribution in [1.82, 2.24) is 10.2 Å². The van der Waals surface area contributed by atoms with Crippen LogP contribution in [0.15, 0.2) is 12.2 Å². The predicted octanol–water partition coefficient (Wildman–Crippen LogP) is -1.56. The van der Waals surface area contributed by atoms with Gasteiger partial charge < -0.3 is 19.9 Å². The number of nitrogens with one attached hydrogen (secondary N) is 1. The van der Waals surface area contributed by atoms with Crippen LogP contribution in [0.2, 0.25) is 0 Å². The molecule has 0 saturated heterocycles. The molecule has 0 aromatic carbocycles. The van der Waals surface area contributed by atoms with Crippen LogP contribution >= 0.6 is 0 Å². The molecule has 0 unspecified atom stereocenters. The lowest BCUT2D eigenvalue weighted by Gasteiger charge is -2.13. The van der Waals surface area contributed by atoms with Gasteiger partial charge in [0, 0.05) is 31.7 Å². The number of ether oxygens (including phenoxy) is 2. The Morgan fingerprint density at radius 3 is 2.33 bits per heavy atom. The Morgan fingerprint density at radius 1 is 1.10 bits per heavy atom. The van der Waals surface area contributed by atoms with E-state index in [1.165, 1.54) is 12.2 Å². The molecule has 1 heterocycles. The van der Waals surface area contributed by atoms with Crippen molar-refractivity contribution in [3.8, 4) is 0 Å². The quantitative estimate of drug-likeness (QED) is 0.353. The van der Waals surface area contributed by atoms with Gasteiger partial charge in [-0.15, -0.1) is 0 Å². The highest BCUT2D eigenvalue weighted by molar-refractivity contribution is 6.13. The molecule has 0 fully saturated rings. The Morgan fingerprint density at radius 2 is 1.71 bits per heavy atom. The van der Waals surface area contributed by atoms with Crippen molar-refractivity contribution in [2.24, 2.45) is 0 Å². The minimum absolute atomic E-state index is 0.0202. The molecular formula is C13H20N2O6. The van der Waals surface area contributed by atoms with Gasteiger partial charge >= 0.3 is 0 Å². The number of aliphatic hydroxyl groups is 1. The number of carbonyl (C=O) groups is 3. The van der Waals surface area contributed by atoms with Crippen LogP contribution in [0, 0.1) is 0 Å². The highest BCUT2D eigenvalue weighted by Crippen LogP contribution is 2.03. The summed E-state index contributed by atoms with van der Waals surface area (Å²) in [7, 11) is 0. The summed E-state index contributed by atoms with van der Waals surface area (Å²) in [5, 5.41) is 11.1. The van der Waals surface area contributed by atoms with Gasteiger partial charge in [0.05, 0.1) is 33.0 Å². The van der Waals surface area contributed by atoms with Crippen molar-refractivity contribution in [2.75, 3.05) is 46.1 Å². The maximum Gasteiger partial charge on any atom is 0.253 e. The Kier molecular flexibility index (Phi) is 8.25. The predicted molar refractivity (Wildman–Crippen MR) is 72.2 cm³/mol. The molecule has 0 aromatic heterocycles. The molecule has 0 bridgehead atoms. The third-order valence-corrected chi connectivity index (χ3v) is 2.64. The lowest BCUT2D eigenvalue weighted by atomic mass is 10.3. The Hall–Kier alpha value is -1.77. The second-order valence-corrected chi connectivity index (χ2v) is 4.21. The summed E-state index contributed by atoms with van der Waals surface area (Å²) in [5.74, 6) is -1.03. The van der Waals surface area contributed by atoms with Crippen molar-refractivity contribution in [2.45, 2.75) is 6.42 Å². The van der Waals surface area contributed by atoms with E-state index in [1.54, 1.807) is 0 Å². The molecule has 0 aliphatic carbocycles. The number of aliphatic hydroxyl groups excluding tert-OH is 1. The summed E-state index contributed by atoms with van der Waals surface area (Å²) in [5.41, 5.74) is 0. The van der Waals surface area contributed by atoms with Crippen LogP contribution < -0.4 is 5.32 Å². The van der Waals surface area contributed by atoms with Crippen molar-refractivity contribution < 1.29 is 29.0 Å². The van der Waals surface area contributed by atoms with E-state index in [-0.39, 0.29) is 43.9 Å². The fraction of sp³-hybridized carbons (Fsp3) is 0.615. The molecule has 0 saturated carbocycles. The molecular weight excluding hydrogens is 280 g/mol. The van der Waals surface area contributed by atoms with Gasteiger partial charge in [-0.2, -0.15) is 0 Å². The molecule has 0 radical (unpaired) electrons. The molecule has 3 amide bonds. The molecule has 8 heteroatoms. The maximum absolute atomic E-state index is 11.5. The SMILES string of the molecule is O=C(CCN1C(=O)C=CC1=O)NCCOCCOCCO. The van der Waals surface area contributed by atoms with Crippen LogP contribution in [0.25, 0.3) is 0 Å². The Bertz CT molecular complexity index is 378. The standard InChI is InChI=1S/C13H20N2O6/c16-6-8-21-10-9-20-7-4-14-11(17)3-5-15-12(18)1-2-13(15)19/h1-2,16H,3-10H2,(H,14,17). The molecule has 1 aliphatic rings. The minimum atomic E-state index is -0.390. The number of amides is 3. The Labute approximate surface area is 122 Å². The van der Waals surface area contributed by atoms with Crippen LogP contribution in [0.3, 0.4) is 0 Å². The first kappa shape index (κ1) is 17.3. The van der Waals surface area contributed by atoms with Crippen LogP contribution in [-0.2, 0) is 23.9 Å². The Balaban J connectivity index is 1.97. The summed E-state index contributed by atoms with van der Waals surface area (Å²) >= 11 is 0. The van der Waals surface area contributed by atoms with E-state index >= 15 is 0 Å². The summed E-state index contributed by atoms with van der Waals surface area (Å²) in [6, 6.07) is 0. The lowest BCUT2D eigenvalue weighted by molar-refractivity contribution is -0.137. The first-order chi connectivity index (χ1) is 10.1. The molecule has 8 nitrogen and oxygen atoms in total. The van der Waals surface area contributed by atoms with Crippen molar-refractivity contribution in [1.29, 1.82) is 0 Å². The maximum atomic E-state index is 11.5. The molecule has 118 valence electrons. The average Bonchev–Trinajstić information content (AvgIpc) is 2.78. The monoisotopic (exact) mass is 300 g/mol. The normalized spacial score (nSPS) is 14.0. The second kappa shape index (κ2) is 10.0. The first-order valence-corrected chi connectivity index (χ1v) is 6.71. The highest BCUT2D eigenvalue weighted by atomic mass is 16.5. The smallest absolute Gasteiger partial charge is 0.253 e. The molecule has 1 rings (SSSR count). The fourth-order valence-corrected chi connectivity index (χ4v) is 1.60. The zero-order valence-corrected chi connectivity index (χ0v) is 11.7. The highest BCUT2D eigenvalue weighted by Gasteiger charge is 2.23. The van der Waals surface area contributed by atoms with Gasteiger partial charge in [0.1, 0.15) is 0 Å². The first-order valence-electron chi connectivity index (χ1n) is 6.71. The van der Waals surface area contributed by atoms with Crippen LogP contribution in [0.5, 0.6) is 0 Å². The van der Waals surface area contributed by atoms with E-state index in [1.807, 2.05) is 0 Å². The van der Waals surface area contributed by atoms with Gasteiger partial charge in [-0.25, -0.2) is 0 Å². The molecule has 0 atom stereocenters. The second-order valence-electron chi connectivity index (χ2n) is 4.21. The van der Waals surface area contributed by atoms with E-state index in [0.29, 0.717) is 26.4 Å². The summed E-state index contributed by atoms with van der Waals surface area (Å²) in [4.78, 5) is 35.0. The van der Waals surface area contributed by atoms with Crippen molar-refractivity contribution in [3.05, 3.63) is 12.2 Å². The number of rotatable bonds is 11. The van der Waals surface area contributed by atoms with Gasteiger partial charge in [0.2, 0.25) is 5.91 Å². The summed E-state index contributed by atoms with van der Waals surface area (Å²) in [6.45, 7) is 1.80. The third-order valence-electron chi connectivity index (χ3n) is 2.64. The minimum Gasteiger partial charge on any atom is -0.394 e. The van der Waals surface area contributed by atoms with E-state index in [2.05, 4.69) is 5.32 Å². The largest absolute Gasteiger partial charge is 0.394 e. The molecule has 1 aliphatic heterocycles. The number of hydrogen-bond acceptors (Lipinski definition) is 6. The van der Waals surface area contributed by atoms with Crippen LogP contribution in [-0.4, -0.2) is 73.9 Å². The van der Waals surface area contributed by atoms with E-state index < -0.39 is 0 Å². The number of carbonyl (C=O) groups excluding carboxylic acids is 3. The number of hydrogen-bond donors (Lipinski definition) is 2. The van der Waals surface area contributed by atoms with Crippen molar-refractivity contribution in [3.63, 3.8) is 0 Å². The molecule has 0 aromatic rings. The van der Waals surface area contributed by atoms with E-state index in [4.69, 9.17) is 14.6 Å².